The summed E-state index contributed by atoms with van der Waals surface area (Å²) in [5.41, 5.74) is 1.43. The third-order valence-electron chi connectivity index (χ3n) is 4.65. The van der Waals surface area contributed by atoms with Crippen LogP contribution in [0.5, 0.6) is 5.75 Å². The van der Waals surface area contributed by atoms with Crippen molar-refractivity contribution >= 4 is 16.7 Å². The highest BCUT2D eigenvalue weighted by Crippen LogP contribution is 2.31. The number of carbonyl (C=O) groups excluding carboxylic acids is 1. The second-order valence-electron chi connectivity index (χ2n) is 6.39. The molecule has 0 aliphatic carbocycles. The highest BCUT2D eigenvalue weighted by molar-refractivity contribution is 5.88. The van der Waals surface area contributed by atoms with Gasteiger partial charge in [-0.15, -0.1) is 0 Å². The van der Waals surface area contributed by atoms with Gasteiger partial charge in [0, 0.05) is 24.4 Å². The first kappa shape index (κ1) is 16.3. The van der Waals surface area contributed by atoms with Crippen molar-refractivity contribution in [2.75, 3.05) is 6.61 Å². The molecule has 2 heterocycles. The van der Waals surface area contributed by atoms with Crippen LogP contribution in [0, 0.1) is 0 Å². The number of amides is 1. The Kier molecular flexibility index (Phi) is 4.16. The van der Waals surface area contributed by atoms with E-state index in [4.69, 9.17) is 4.74 Å². The molecule has 1 aliphatic heterocycles. The molecule has 0 spiro atoms. The number of aryl methyl sites for hydroxylation is 1. The number of nitrogens with one attached hydrogen (secondary N) is 1. The normalized spacial score (nSPS) is 16.0. The van der Waals surface area contributed by atoms with E-state index in [9.17, 15) is 9.59 Å². The van der Waals surface area contributed by atoms with E-state index < -0.39 is 0 Å². The maximum Gasteiger partial charge on any atom is 0.274 e. The van der Waals surface area contributed by atoms with Gasteiger partial charge in [-0.3, -0.25) is 9.59 Å². The van der Waals surface area contributed by atoms with Gasteiger partial charge >= 0.3 is 0 Å². The zero-order chi connectivity index (χ0) is 18.1. The van der Waals surface area contributed by atoms with E-state index in [0.717, 1.165) is 23.1 Å². The zero-order valence-electron chi connectivity index (χ0n) is 14.4. The minimum Gasteiger partial charge on any atom is -0.493 e. The van der Waals surface area contributed by atoms with Crippen LogP contribution in [0.15, 0.2) is 53.3 Å². The molecule has 3 aromatic rings. The lowest BCUT2D eigenvalue weighted by Gasteiger charge is -2.26. The maximum atomic E-state index is 12.7. The molecule has 1 aliphatic rings. The van der Waals surface area contributed by atoms with Gasteiger partial charge in [-0.2, -0.15) is 5.10 Å². The van der Waals surface area contributed by atoms with Gasteiger partial charge in [0.25, 0.3) is 5.56 Å². The Labute approximate surface area is 150 Å². The van der Waals surface area contributed by atoms with Crippen LogP contribution in [-0.4, -0.2) is 22.3 Å². The van der Waals surface area contributed by atoms with Crippen molar-refractivity contribution in [1.82, 2.24) is 15.1 Å². The Hall–Kier alpha value is -3.15. The van der Waals surface area contributed by atoms with E-state index >= 15 is 0 Å². The molecule has 26 heavy (non-hydrogen) atoms. The predicted molar refractivity (Wildman–Crippen MR) is 98.1 cm³/mol. The zero-order valence-corrected chi connectivity index (χ0v) is 14.4. The number of hydrogen-bond donors (Lipinski definition) is 1. The smallest absolute Gasteiger partial charge is 0.274 e. The predicted octanol–water partition coefficient (Wildman–Crippen LogP) is 2.12. The monoisotopic (exact) mass is 349 g/mol. The van der Waals surface area contributed by atoms with Gasteiger partial charge in [0.2, 0.25) is 5.91 Å². The van der Waals surface area contributed by atoms with Gasteiger partial charge < -0.3 is 10.1 Å². The molecule has 0 bridgehead atoms. The second kappa shape index (κ2) is 6.63. The first-order chi connectivity index (χ1) is 12.6. The van der Waals surface area contributed by atoms with Gasteiger partial charge in [0.1, 0.15) is 5.75 Å². The van der Waals surface area contributed by atoms with Gasteiger partial charge in [0.05, 0.1) is 30.1 Å². The minimum atomic E-state index is -0.164. The summed E-state index contributed by atoms with van der Waals surface area (Å²) in [6, 6.07) is 14.9. The lowest BCUT2D eigenvalue weighted by molar-refractivity contribution is -0.121. The molecule has 0 fully saturated rings. The summed E-state index contributed by atoms with van der Waals surface area (Å²) in [5, 5.41) is 8.67. The number of para-hydroxylation sites is 1. The molecular weight excluding hydrogens is 330 g/mol. The van der Waals surface area contributed by atoms with Crippen LogP contribution >= 0.6 is 0 Å². The molecule has 0 saturated heterocycles. The summed E-state index contributed by atoms with van der Waals surface area (Å²) in [4.78, 5) is 24.9. The topological polar surface area (TPSA) is 73.2 Å². The van der Waals surface area contributed by atoms with Gasteiger partial charge in [-0.1, -0.05) is 36.4 Å². The molecule has 6 heteroatoms. The quantitative estimate of drug-likeness (QED) is 0.786. The van der Waals surface area contributed by atoms with Crippen LogP contribution in [0.2, 0.25) is 0 Å². The molecule has 0 unspecified atom stereocenters. The number of nitrogens with zero attached hydrogens (tertiary/aromatic N) is 2. The molecule has 2 aromatic carbocycles. The average Bonchev–Trinajstić information content (AvgIpc) is 2.66. The lowest BCUT2D eigenvalue weighted by atomic mass is 10.00. The fraction of sp³-hybridized carbons (Fsp3) is 0.250. The molecule has 1 atom stereocenters. The van der Waals surface area contributed by atoms with E-state index in [1.54, 1.807) is 13.1 Å². The molecule has 4 rings (SSSR count). The van der Waals surface area contributed by atoms with Crippen molar-refractivity contribution in [2.45, 2.75) is 18.9 Å². The Balaban J connectivity index is 1.60. The standard InChI is InChI=1S/C20H19N3O3/c1-23-20(25)14-7-3-2-6-13(14)17(22-23)12-19(24)21-16-10-11-26-18-9-5-4-8-15(16)18/h2-9,16H,10-12H2,1H3,(H,21,24)/t16-/m1/s1. The first-order valence-corrected chi connectivity index (χ1v) is 8.59. The number of fused-ring (bicyclic) bond motifs is 2. The van der Waals surface area contributed by atoms with Crippen LogP contribution in [0.25, 0.3) is 10.8 Å². The van der Waals surface area contributed by atoms with E-state index in [0.29, 0.717) is 17.7 Å². The summed E-state index contributed by atoms with van der Waals surface area (Å²) in [7, 11) is 1.60. The van der Waals surface area contributed by atoms with Crippen molar-refractivity contribution in [1.29, 1.82) is 0 Å². The van der Waals surface area contributed by atoms with E-state index in [2.05, 4.69) is 10.4 Å². The van der Waals surface area contributed by atoms with E-state index in [-0.39, 0.29) is 23.9 Å². The van der Waals surface area contributed by atoms with Gasteiger partial charge in [-0.25, -0.2) is 4.68 Å². The van der Waals surface area contributed by atoms with Crippen molar-refractivity contribution in [3.63, 3.8) is 0 Å². The SMILES string of the molecule is Cn1nc(CC(=O)N[C@@H]2CCOc3ccccc32)c2ccccc2c1=O. The Morgan fingerprint density at radius 2 is 1.92 bits per heavy atom. The molecule has 132 valence electrons. The number of aromatic nitrogens is 2. The number of rotatable bonds is 3. The number of ether oxygens (including phenoxy) is 1. The largest absolute Gasteiger partial charge is 0.493 e. The molecular formula is C20H19N3O3. The van der Waals surface area contributed by atoms with Crippen LogP contribution in [-0.2, 0) is 18.3 Å². The van der Waals surface area contributed by atoms with Crippen LogP contribution in [0.1, 0.15) is 23.7 Å². The Bertz CT molecular complexity index is 1040. The highest BCUT2D eigenvalue weighted by atomic mass is 16.5. The average molecular weight is 349 g/mol. The number of benzene rings is 2. The van der Waals surface area contributed by atoms with Crippen molar-refractivity contribution in [3.8, 4) is 5.75 Å². The summed E-state index contributed by atoms with van der Waals surface area (Å²) < 4.78 is 6.92. The van der Waals surface area contributed by atoms with Crippen LogP contribution < -0.4 is 15.6 Å². The molecule has 1 N–H and O–H groups in total. The third-order valence-corrected chi connectivity index (χ3v) is 4.65. The molecule has 6 nitrogen and oxygen atoms in total. The van der Waals surface area contributed by atoms with Crippen molar-refractivity contribution in [3.05, 3.63) is 70.1 Å². The lowest BCUT2D eigenvalue weighted by Crippen LogP contribution is -2.34. The number of carbonyl (C=O) groups is 1. The molecule has 0 saturated carbocycles. The highest BCUT2D eigenvalue weighted by Gasteiger charge is 2.23. The summed E-state index contributed by atoms with van der Waals surface area (Å²) >= 11 is 0. The molecule has 1 amide bonds. The van der Waals surface area contributed by atoms with E-state index in [1.807, 2.05) is 42.5 Å². The van der Waals surface area contributed by atoms with Crippen molar-refractivity contribution < 1.29 is 9.53 Å². The Morgan fingerprint density at radius 3 is 2.77 bits per heavy atom. The maximum absolute atomic E-state index is 12.7. The van der Waals surface area contributed by atoms with Crippen LogP contribution in [0.4, 0.5) is 0 Å². The van der Waals surface area contributed by atoms with E-state index in [1.165, 1.54) is 4.68 Å². The summed E-state index contributed by atoms with van der Waals surface area (Å²) in [5.74, 6) is 0.692. The first-order valence-electron chi connectivity index (χ1n) is 8.59. The Morgan fingerprint density at radius 1 is 1.19 bits per heavy atom. The minimum absolute atomic E-state index is 0.0776. The van der Waals surface area contributed by atoms with Crippen molar-refractivity contribution in [2.24, 2.45) is 7.05 Å². The van der Waals surface area contributed by atoms with Gasteiger partial charge in [0.15, 0.2) is 0 Å². The fourth-order valence-corrected chi connectivity index (χ4v) is 3.40. The van der Waals surface area contributed by atoms with Crippen LogP contribution in [0.3, 0.4) is 0 Å². The third kappa shape index (κ3) is 2.94. The second-order valence-corrected chi connectivity index (χ2v) is 6.39. The van der Waals surface area contributed by atoms with Gasteiger partial charge in [-0.05, 0) is 12.1 Å². The summed E-state index contributed by atoms with van der Waals surface area (Å²) in [6.07, 6.45) is 0.846. The molecule has 0 radical (unpaired) electrons. The fourth-order valence-electron chi connectivity index (χ4n) is 3.40. The molecule has 1 aromatic heterocycles. The number of hydrogen-bond acceptors (Lipinski definition) is 4. The summed E-state index contributed by atoms with van der Waals surface area (Å²) in [6.45, 7) is 0.572.